The summed E-state index contributed by atoms with van der Waals surface area (Å²) in [5, 5.41) is 2.57. The molecule has 1 amide bonds. The second-order valence-corrected chi connectivity index (χ2v) is 4.80. The summed E-state index contributed by atoms with van der Waals surface area (Å²) in [7, 11) is 1.27. The molecule has 1 aromatic rings. The summed E-state index contributed by atoms with van der Waals surface area (Å²) in [4.78, 5) is 38.4. The number of carbonyl (C=O) groups is 2. The summed E-state index contributed by atoms with van der Waals surface area (Å²) in [6, 6.07) is 0.848. The molecule has 0 bridgehead atoms. The highest BCUT2D eigenvalue weighted by Gasteiger charge is 2.22. The third-order valence-corrected chi connectivity index (χ3v) is 2.62. The molecular formula is C13H19N3O4. The van der Waals surface area contributed by atoms with E-state index in [1.807, 2.05) is 13.8 Å². The van der Waals surface area contributed by atoms with Gasteiger partial charge in [-0.1, -0.05) is 13.8 Å². The zero-order valence-electron chi connectivity index (χ0n) is 11.8. The predicted octanol–water partition coefficient (Wildman–Crippen LogP) is -0.0528. The molecule has 0 saturated heterocycles. The summed E-state index contributed by atoms with van der Waals surface area (Å²) in [6.45, 7) is 3.69. The van der Waals surface area contributed by atoms with E-state index in [2.05, 4.69) is 15.0 Å². The van der Waals surface area contributed by atoms with Crippen LogP contribution in [0.2, 0.25) is 0 Å². The van der Waals surface area contributed by atoms with Crippen LogP contribution in [0.1, 0.15) is 20.3 Å². The summed E-state index contributed by atoms with van der Waals surface area (Å²) in [5.41, 5.74) is -0.513. The fourth-order valence-corrected chi connectivity index (χ4v) is 1.73. The monoisotopic (exact) mass is 281 g/mol. The van der Waals surface area contributed by atoms with Crippen LogP contribution in [0.25, 0.3) is 0 Å². The van der Waals surface area contributed by atoms with Gasteiger partial charge < -0.3 is 10.1 Å². The standard InChI is InChI=1S/C13H19N3O4/c1-9(2)7-10(12(18)20-3)15-11(17)8-16-6-4-5-14-13(16)19/h4-6,9-10H,7-8H2,1-3H3,(H,15,17). The van der Waals surface area contributed by atoms with Gasteiger partial charge in [-0.25, -0.2) is 14.6 Å². The minimum absolute atomic E-state index is 0.182. The quantitative estimate of drug-likeness (QED) is 0.738. The third-order valence-electron chi connectivity index (χ3n) is 2.62. The number of rotatable bonds is 6. The Morgan fingerprint density at radius 2 is 2.15 bits per heavy atom. The molecule has 1 N–H and O–H groups in total. The van der Waals surface area contributed by atoms with Crippen molar-refractivity contribution in [2.45, 2.75) is 32.9 Å². The molecule has 7 nitrogen and oxygen atoms in total. The lowest BCUT2D eigenvalue weighted by atomic mass is 10.0. The highest BCUT2D eigenvalue weighted by Crippen LogP contribution is 2.06. The lowest BCUT2D eigenvalue weighted by Gasteiger charge is -2.18. The van der Waals surface area contributed by atoms with E-state index < -0.39 is 23.6 Å². The van der Waals surface area contributed by atoms with Gasteiger partial charge in [-0.2, -0.15) is 0 Å². The van der Waals surface area contributed by atoms with E-state index in [9.17, 15) is 14.4 Å². The number of ether oxygens (including phenoxy) is 1. The topological polar surface area (TPSA) is 90.3 Å². The van der Waals surface area contributed by atoms with Gasteiger partial charge in [0.05, 0.1) is 7.11 Å². The van der Waals surface area contributed by atoms with Gasteiger partial charge in [-0.15, -0.1) is 0 Å². The molecule has 110 valence electrons. The molecule has 0 saturated carbocycles. The van der Waals surface area contributed by atoms with Crippen LogP contribution in [0, 0.1) is 5.92 Å². The molecule has 0 aliphatic carbocycles. The zero-order chi connectivity index (χ0) is 15.1. The molecule has 1 rings (SSSR count). The van der Waals surface area contributed by atoms with E-state index in [0.29, 0.717) is 6.42 Å². The molecule has 0 aromatic carbocycles. The lowest BCUT2D eigenvalue weighted by Crippen LogP contribution is -2.44. The van der Waals surface area contributed by atoms with Crippen molar-refractivity contribution in [3.63, 3.8) is 0 Å². The van der Waals surface area contributed by atoms with Crippen LogP contribution in [0.4, 0.5) is 0 Å². The van der Waals surface area contributed by atoms with Crippen molar-refractivity contribution in [1.82, 2.24) is 14.9 Å². The second-order valence-electron chi connectivity index (χ2n) is 4.80. The minimum Gasteiger partial charge on any atom is -0.467 e. The zero-order valence-corrected chi connectivity index (χ0v) is 11.8. The van der Waals surface area contributed by atoms with Crippen molar-refractivity contribution in [2.75, 3.05) is 7.11 Å². The average Bonchev–Trinajstić information content (AvgIpc) is 2.39. The van der Waals surface area contributed by atoms with Gasteiger partial charge >= 0.3 is 11.7 Å². The number of nitrogens with one attached hydrogen (secondary N) is 1. The molecule has 0 radical (unpaired) electrons. The SMILES string of the molecule is COC(=O)C(CC(C)C)NC(=O)Cn1cccnc1=O. The molecule has 1 atom stereocenters. The van der Waals surface area contributed by atoms with E-state index in [4.69, 9.17) is 0 Å². The normalized spacial score (nSPS) is 12.0. The average molecular weight is 281 g/mol. The maximum Gasteiger partial charge on any atom is 0.347 e. The second kappa shape index (κ2) is 7.42. The van der Waals surface area contributed by atoms with Crippen LogP contribution in [-0.4, -0.2) is 34.6 Å². The number of amides is 1. The van der Waals surface area contributed by atoms with Crippen molar-refractivity contribution in [3.05, 3.63) is 28.9 Å². The molecule has 7 heteroatoms. The number of methoxy groups -OCH3 is 1. The van der Waals surface area contributed by atoms with Crippen molar-refractivity contribution in [2.24, 2.45) is 5.92 Å². The number of esters is 1. The fourth-order valence-electron chi connectivity index (χ4n) is 1.73. The van der Waals surface area contributed by atoms with E-state index in [1.165, 1.54) is 24.1 Å². The van der Waals surface area contributed by atoms with Crippen LogP contribution in [0.3, 0.4) is 0 Å². The molecule has 0 aliphatic rings. The first-order valence-corrected chi connectivity index (χ1v) is 6.32. The molecule has 1 unspecified atom stereocenters. The number of hydrogen-bond acceptors (Lipinski definition) is 5. The highest BCUT2D eigenvalue weighted by molar-refractivity contribution is 5.84. The van der Waals surface area contributed by atoms with Crippen molar-refractivity contribution in [3.8, 4) is 0 Å². The molecule has 0 fully saturated rings. The largest absolute Gasteiger partial charge is 0.467 e. The number of hydrogen-bond donors (Lipinski definition) is 1. The Morgan fingerprint density at radius 1 is 1.45 bits per heavy atom. The van der Waals surface area contributed by atoms with Crippen LogP contribution < -0.4 is 11.0 Å². The van der Waals surface area contributed by atoms with Gasteiger partial charge in [0, 0.05) is 12.4 Å². The fraction of sp³-hybridized carbons (Fsp3) is 0.538. The Kier molecular flexibility index (Phi) is 5.89. The number of carbonyl (C=O) groups excluding carboxylic acids is 2. The Bertz CT molecular complexity index is 524. The van der Waals surface area contributed by atoms with Crippen molar-refractivity contribution in [1.29, 1.82) is 0 Å². The van der Waals surface area contributed by atoms with Crippen molar-refractivity contribution < 1.29 is 14.3 Å². The predicted molar refractivity (Wildman–Crippen MR) is 71.9 cm³/mol. The molecule has 1 heterocycles. The van der Waals surface area contributed by atoms with Crippen LogP contribution in [0.15, 0.2) is 23.3 Å². The molecule has 0 aliphatic heterocycles. The molecule has 1 aromatic heterocycles. The molecule has 20 heavy (non-hydrogen) atoms. The number of nitrogens with zero attached hydrogens (tertiary/aromatic N) is 2. The van der Waals surface area contributed by atoms with Gasteiger partial charge in [0.25, 0.3) is 0 Å². The van der Waals surface area contributed by atoms with Crippen LogP contribution in [0.5, 0.6) is 0 Å². The Labute approximate surface area is 117 Å². The van der Waals surface area contributed by atoms with Crippen LogP contribution in [-0.2, 0) is 20.9 Å². The van der Waals surface area contributed by atoms with Crippen LogP contribution >= 0.6 is 0 Å². The van der Waals surface area contributed by atoms with Gasteiger partial charge in [0.15, 0.2) is 0 Å². The smallest absolute Gasteiger partial charge is 0.347 e. The first-order valence-electron chi connectivity index (χ1n) is 6.32. The highest BCUT2D eigenvalue weighted by atomic mass is 16.5. The summed E-state index contributed by atoms with van der Waals surface area (Å²) in [5.74, 6) is -0.706. The lowest BCUT2D eigenvalue weighted by molar-refractivity contribution is -0.145. The Balaban J connectivity index is 2.69. The van der Waals surface area contributed by atoms with Gasteiger partial charge in [-0.05, 0) is 18.4 Å². The summed E-state index contributed by atoms with van der Waals surface area (Å²) in [6.07, 6.45) is 3.29. The first kappa shape index (κ1) is 15.9. The Morgan fingerprint density at radius 3 is 2.70 bits per heavy atom. The van der Waals surface area contributed by atoms with Crippen molar-refractivity contribution >= 4 is 11.9 Å². The molecular weight excluding hydrogens is 262 g/mol. The maximum absolute atomic E-state index is 11.9. The third kappa shape index (κ3) is 4.83. The molecule has 0 spiro atoms. The van der Waals surface area contributed by atoms with Gasteiger partial charge in [0.1, 0.15) is 12.6 Å². The Hall–Kier alpha value is -2.18. The van der Waals surface area contributed by atoms with E-state index in [-0.39, 0.29) is 12.5 Å². The number of aromatic nitrogens is 2. The van der Waals surface area contributed by atoms with E-state index >= 15 is 0 Å². The van der Waals surface area contributed by atoms with Gasteiger partial charge in [0.2, 0.25) is 5.91 Å². The summed E-state index contributed by atoms with van der Waals surface area (Å²) >= 11 is 0. The van der Waals surface area contributed by atoms with Gasteiger partial charge in [-0.3, -0.25) is 9.36 Å². The minimum atomic E-state index is -0.708. The first-order chi connectivity index (χ1) is 9.43. The van der Waals surface area contributed by atoms with E-state index in [1.54, 1.807) is 6.07 Å². The maximum atomic E-state index is 11.9. The van der Waals surface area contributed by atoms with E-state index in [0.717, 1.165) is 0 Å². The summed E-state index contributed by atoms with van der Waals surface area (Å²) < 4.78 is 5.82.